The van der Waals surface area contributed by atoms with Crippen LogP contribution in [0.2, 0.25) is 0 Å². The molecule has 4 N–H and O–H groups in total. The molecule has 31 heavy (non-hydrogen) atoms. The van der Waals surface area contributed by atoms with Crippen LogP contribution in [0.3, 0.4) is 0 Å². The second kappa shape index (κ2) is 11.7. The molecule has 0 aliphatic rings. The molecule has 0 aromatic heterocycles. The predicted octanol–water partition coefficient (Wildman–Crippen LogP) is 0.756. The quantitative estimate of drug-likeness (QED) is 0.445. The van der Waals surface area contributed by atoms with Crippen molar-refractivity contribution in [1.82, 2.24) is 10.9 Å². The SMILES string of the molecule is CCN(CC)c1ccc(C(=O)NNC(=O)C[NH+](C)CC(=O)Nc2ccc(C)cc2)cc1. The number of hydrogen-bond donors (Lipinski definition) is 4. The van der Waals surface area contributed by atoms with Gasteiger partial charge in [0, 0.05) is 30.0 Å². The first-order valence-electron chi connectivity index (χ1n) is 10.4. The van der Waals surface area contributed by atoms with Gasteiger partial charge < -0.3 is 15.1 Å². The van der Waals surface area contributed by atoms with Crippen molar-refractivity contribution in [2.45, 2.75) is 20.8 Å². The number of carbonyl (C=O) groups excluding carboxylic acids is 3. The number of rotatable bonds is 9. The predicted molar refractivity (Wildman–Crippen MR) is 122 cm³/mol. The van der Waals surface area contributed by atoms with Crippen molar-refractivity contribution in [3.8, 4) is 0 Å². The summed E-state index contributed by atoms with van der Waals surface area (Å²) in [7, 11) is 1.74. The molecule has 0 saturated heterocycles. The first-order chi connectivity index (χ1) is 14.8. The van der Waals surface area contributed by atoms with E-state index < -0.39 is 5.91 Å². The number of hydrazine groups is 1. The molecule has 0 aliphatic heterocycles. The lowest BCUT2D eigenvalue weighted by Crippen LogP contribution is -3.11. The molecule has 0 radical (unpaired) electrons. The highest BCUT2D eigenvalue weighted by Gasteiger charge is 2.15. The van der Waals surface area contributed by atoms with Crippen LogP contribution in [0.5, 0.6) is 0 Å². The van der Waals surface area contributed by atoms with E-state index in [9.17, 15) is 14.4 Å². The molecule has 1 atom stereocenters. The zero-order chi connectivity index (χ0) is 22.8. The number of nitrogens with one attached hydrogen (secondary N) is 4. The Hall–Kier alpha value is -3.39. The number of quaternary nitrogens is 1. The molecule has 0 fully saturated rings. The molecule has 2 aromatic rings. The fourth-order valence-electron chi connectivity index (χ4n) is 3.11. The third-order valence-corrected chi connectivity index (χ3v) is 4.83. The maximum atomic E-state index is 12.2. The monoisotopic (exact) mass is 426 g/mol. The van der Waals surface area contributed by atoms with Gasteiger partial charge in [-0.05, 0) is 57.2 Å². The lowest BCUT2D eigenvalue weighted by Gasteiger charge is -2.21. The maximum absolute atomic E-state index is 12.2. The van der Waals surface area contributed by atoms with Gasteiger partial charge in [-0.25, -0.2) is 0 Å². The van der Waals surface area contributed by atoms with E-state index in [1.807, 2.05) is 43.3 Å². The van der Waals surface area contributed by atoms with Crippen LogP contribution >= 0.6 is 0 Å². The Kier molecular flexibility index (Phi) is 9.02. The zero-order valence-electron chi connectivity index (χ0n) is 18.6. The first-order valence-corrected chi connectivity index (χ1v) is 10.4. The van der Waals surface area contributed by atoms with Gasteiger partial charge in [-0.3, -0.25) is 25.2 Å². The van der Waals surface area contributed by atoms with Crippen LogP contribution in [-0.2, 0) is 9.59 Å². The Bertz CT molecular complexity index is 877. The minimum Gasteiger partial charge on any atom is -0.372 e. The average Bonchev–Trinajstić information content (AvgIpc) is 2.75. The van der Waals surface area contributed by atoms with Crippen molar-refractivity contribution in [2.24, 2.45) is 0 Å². The largest absolute Gasteiger partial charge is 0.372 e. The van der Waals surface area contributed by atoms with Crippen LogP contribution in [0.15, 0.2) is 48.5 Å². The van der Waals surface area contributed by atoms with E-state index in [2.05, 4.69) is 34.9 Å². The van der Waals surface area contributed by atoms with Crippen molar-refractivity contribution >= 4 is 29.1 Å². The van der Waals surface area contributed by atoms with Crippen molar-refractivity contribution in [1.29, 1.82) is 0 Å². The third kappa shape index (κ3) is 7.75. The van der Waals surface area contributed by atoms with Gasteiger partial charge in [0.2, 0.25) is 0 Å². The third-order valence-electron chi connectivity index (χ3n) is 4.83. The fourth-order valence-corrected chi connectivity index (χ4v) is 3.11. The molecule has 1 unspecified atom stereocenters. The Morgan fingerprint density at radius 1 is 0.839 bits per heavy atom. The summed E-state index contributed by atoms with van der Waals surface area (Å²) in [5, 5.41) is 2.80. The molecule has 8 nitrogen and oxygen atoms in total. The molecular formula is C23H32N5O3+. The number of aryl methyl sites for hydroxylation is 1. The van der Waals surface area contributed by atoms with Crippen LogP contribution < -0.4 is 26.0 Å². The Balaban J connectivity index is 1.75. The lowest BCUT2D eigenvalue weighted by molar-refractivity contribution is -0.862. The highest BCUT2D eigenvalue weighted by molar-refractivity contribution is 5.95. The minimum atomic E-state index is -0.394. The van der Waals surface area contributed by atoms with Gasteiger partial charge in [0.15, 0.2) is 13.1 Å². The van der Waals surface area contributed by atoms with Crippen LogP contribution in [-0.4, -0.2) is 50.9 Å². The summed E-state index contributed by atoms with van der Waals surface area (Å²) in [4.78, 5) is 39.3. The van der Waals surface area contributed by atoms with Gasteiger partial charge in [0.25, 0.3) is 17.7 Å². The minimum absolute atomic E-state index is 0.0441. The van der Waals surface area contributed by atoms with Crippen molar-refractivity contribution in [3.05, 3.63) is 59.7 Å². The molecule has 0 aliphatic carbocycles. The topological polar surface area (TPSA) is 95.0 Å². The van der Waals surface area contributed by atoms with E-state index in [0.29, 0.717) is 16.2 Å². The van der Waals surface area contributed by atoms with Gasteiger partial charge in [0.05, 0.1) is 7.05 Å². The van der Waals surface area contributed by atoms with Gasteiger partial charge in [-0.1, -0.05) is 17.7 Å². The lowest BCUT2D eigenvalue weighted by atomic mass is 10.2. The van der Waals surface area contributed by atoms with E-state index in [-0.39, 0.29) is 24.9 Å². The van der Waals surface area contributed by atoms with E-state index in [1.54, 1.807) is 19.2 Å². The summed E-state index contributed by atoms with van der Waals surface area (Å²) in [6.45, 7) is 8.07. The molecule has 0 bridgehead atoms. The number of nitrogens with zero attached hydrogens (tertiary/aromatic N) is 1. The summed E-state index contributed by atoms with van der Waals surface area (Å²) in [5.41, 5.74) is 8.13. The normalized spacial score (nSPS) is 11.4. The fraction of sp³-hybridized carbons (Fsp3) is 0.348. The number of amides is 3. The number of hydrogen-bond acceptors (Lipinski definition) is 4. The molecule has 166 valence electrons. The molecular weight excluding hydrogens is 394 g/mol. The number of anilines is 2. The average molecular weight is 427 g/mol. The van der Waals surface area contributed by atoms with Crippen molar-refractivity contribution in [2.75, 3.05) is 43.4 Å². The highest BCUT2D eigenvalue weighted by atomic mass is 16.2. The molecule has 3 amide bonds. The molecule has 8 heteroatoms. The van der Waals surface area contributed by atoms with Crippen molar-refractivity contribution in [3.63, 3.8) is 0 Å². The standard InChI is InChI=1S/C23H31N5O3/c1-5-28(6-2)20-13-9-18(10-14-20)23(31)26-25-22(30)16-27(4)15-21(29)24-19-11-7-17(3)8-12-19/h7-14H,5-6,15-16H2,1-4H3,(H,24,29)(H,25,30)(H,26,31)/p+1. The summed E-state index contributed by atoms with van der Waals surface area (Å²) in [5.74, 6) is -0.963. The van der Waals surface area contributed by atoms with Crippen LogP contribution in [0, 0.1) is 6.92 Å². The first kappa shape index (κ1) is 23.9. The zero-order valence-corrected chi connectivity index (χ0v) is 18.6. The summed E-state index contributed by atoms with van der Waals surface area (Å²) >= 11 is 0. The number of carbonyl (C=O) groups is 3. The molecule has 0 spiro atoms. The number of likely N-dealkylation sites (N-methyl/N-ethyl adjacent to an activating group) is 1. The van der Waals surface area contributed by atoms with E-state index in [0.717, 1.165) is 24.3 Å². The summed E-state index contributed by atoms with van der Waals surface area (Å²) < 4.78 is 0. The molecule has 2 rings (SSSR count). The van der Waals surface area contributed by atoms with E-state index in [4.69, 9.17) is 0 Å². The molecule has 0 saturated carbocycles. The van der Waals surface area contributed by atoms with Gasteiger partial charge in [-0.2, -0.15) is 0 Å². The second-order valence-corrected chi connectivity index (χ2v) is 7.45. The highest BCUT2D eigenvalue weighted by Crippen LogP contribution is 2.14. The van der Waals surface area contributed by atoms with E-state index in [1.165, 1.54) is 0 Å². The molecule has 0 heterocycles. The Morgan fingerprint density at radius 3 is 2.00 bits per heavy atom. The molecule has 2 aromatic carbocycles. The van der Waals surface area contributed by atoms with Crippen LogP contribution in [0.1, 0.15) is 29.8 Å². The smallest absolute Gasteiger partial charge is 0.293 e. The summed E-state index contributed by atoms with van der Waals surface area (Å²) in [6, 6.07) is 14.7. The van der Waals surface area contributed by atoms with Gasteiger partial charge >= 0.3 is 0 Å². The summed E-state index contributed by atoms with van der Waals surface area (Å²) in [6.07, 6.45) is 0. The van der Waals surface area contributed by atoms with Gasteiger partial charge in [-0.15, -0.1) is 0 Å². The maximum Gasteiger partial charge on any atom is 0.293 e. The van der Waals surface area contributed by atoms with Crippen LogP contribution in [0.25, 0.3) is 0 Å². The van der Waals surface area contributed by atoms with Crippen molar-refractivity contribution < 1.29 is 19.3 Å². The van der Waals surface area contributed by atoms with Crippen LogP contribution in [0.4, 0.5) is 11.4 Å². The van der Waals surface area contributed by atoms with E-state index >= 15 is 0 Å². The Labute approximate surface area is 183 Å². The Morgan fingerprint density at radius 2 is 1.42 bits per heavy atom. The number of benzene rings is 2. The second-order valence-electron chi connectivity index (χ2n) is 7.45. The van der Waals surface area contributed by atoms with Gasteiger partial charge in [0.1, 0.15) is 0 Å².